The molecule has 3 aromatic rings. The molecule has 4 rings (SSSR count). The number of nitrogens with zero attached hydrogens (tertiary/aromatic N) is 5. The maximum absolute atomic E-state index is 6.31. The Kier molecular flexibility index (Phi) is 3.63. The number of hydrogen-bond acceptors (Lipinski definition) is 4. The number of aryl methyl sites for hydroxylation is 1. The molecule has 3 heterocycles. The highest BCUT2D eigenvalue weighted by molar-refractivity contribution is 6.31. The molecule has 23 heavy (non-hydrogen) atoms. The summed E-state index contributed by atoms with van der Waals surface area (Å²) in [6, 6.07) is 7.90. The van der Waals surface area contributed by atoms with E-state index in [0.29, 0.717) is 6.54 Å². The highest BCUT2D eigenvalue weighted by Crippen LogP contribution is 2.27. The average Bonchev–Trinajstić information content (AvgIpc) is 3.14. The van der Waals surface area contributed by atoms with Gasteiger partial charge in [0.1, 0.15) is 11.4 Å². The number of benzene rings is 1. The van der Waals surface area contributed by atoms with E-state index < -0.39 is 0 Å². The first kappa shape index (κ1) is 14.4. The van der Waals surface area contributed by atoms with Crippen LogP contribution >= 0.6 is 11.6 Å². The molecule has 0 amide bonds. The molecule has 7 heteroatoms. The number of halogens is 1. The van der Waals surface area contributed by atoms with E-state index in [-0.39, 0.29) is 0 Å². The van der Waals surface area contributed by atoms with Crippen LogP contribution in [0.25, 0.3) is 11.4 Å². The van der Waals surface area contributed by atoms with Crippen molar-refractivity contribution < 1.29 is 0 Å². The molecule has 0 atom stereocenters. The molecule has 0 unspecified atom stereocenters. The van der Waals surface area contributed by atoms with E-state index in [1.54, 1.807) is 4.68 Å². The summed E-state index contributed by atoms with van der Waals surface area (Å²) in [7, 11) is 1.86. The summed E-state index contributed by atoms with van der Waals surface area (Å²) in [6.07, 6.45) is 2.85. The molecular formula is C16H17ClN6. The van der Waals surface area contributed by atoms with Crippen LogP contribution in [0, 0.1) is 0 Å². The second kappa shape index (κ2) is 5.79. The zero-order valence-electron chi connectivity index (χ0n) is 12.8. The first-order chi connectivity index (χ1) is 11.2. The Labute approximate surface area is 139 Å². The molecule has 1 aliphatic heterocycles. The summed E-state index contributed by atoms with van der Waals surface area (Å²) in [6.45, 7) is 2.44. The average molecular weight is 329 g/mol. The number of aromatic nitrogens is 5. The van der Waals surface area contributed by atoms with Gasteiger partial charge in [0.15, 0.2) is 0 Å². The predicted molar refractivity (Wildman–Crippen MR) is 88.2 cm³/mol. The van der Waals surface area contributed by atoms with Gasteiger partial charge in [-0.2, -0.15) is 5.10 Å². The van der Waals surface area contributed by atoms with Crippen LogP contribution in [0.1, 0.15) is 16.8 Å². The van der Waals surface area contributed by atoms with Gasteiger partial charge in [0, 0.05) is 42.8 Å². The zero-order chi connectivity index (χ0) is 15.8. The summed E-state index contributed by atoms with van der Waals surface area (Å²) in [5, 5.41) is 17.2. The van der Waals surface area contributed by atoms with Crippen molar-refractivity contribution in [2.24, 2.45) is 7.05 Å². The molecule has 0 saturated carbocycles. The Morgan fingerprint density at radius 2 is 2.17 bits per heavy atom. The van der Waals surface area contributed by atoms with Crippen molar-refractivity contribution in [1.82, 2.24) is 30.1 Å². The van der Waals surface area contributed by atoms with Gasteiger partial charge in [-0.1, -0.05) is 35.0 Å². The molecule has 118 valence electrons. The maximum Gasteiger partial charge on any atom is 0.133 e. The van der Waals surface area contributed by atoms with Crippen molar-refractivity contribution in [3.05, 3.63) is 52.3 Å². The van der Waals surface area contributed by atoms with Gasteiger partial charge in [0.05, 0.1) is 12.7 Å². The molecule has 0 radical (unpaired) electrons. The Bertz CT molecular complexity index is 850. The minimum Gasteiger partial charge on any atom is -0.312 e. The molecular weight excluding hydrogens is 312 g/mol. The van der Waals surface area contributed by atoms with Gasteiger partial charge in [-0.3, -0.25) is 9.36 Å². The number of rotatable bonds is 3. The van der Waals surface area contributed by atoms with Crippen molar-refractivity contribution in [1.29, 1.82) is 0 Å². The van der Waals surface area contributed by atoms with Gasteiger partial charge >= 0.3 is 0 Å². The number of fused-ring (bicyclic) bond motifs is 1. The second-order valence-electron chi connectivity index (χ2n) is 5.73. The smallest absolute Gasteiger partial charge is 0.133 e. The van der Waals surface area contributed by atoms with E-state index in [2.05, 4.69) is 20.3 Å². The third-order valence-electron chi connectivity index (χ3n) is 4.13. The van der Waals surface area contributed by atoms with E-state index in [1.807, 2.05) is 37.5 Å². The van der Waals surface area contributed by atoms with E-state index in [4.69, 9.17) is 16.7 Å². The van der Waals surface area contributed by atoms with E-state index in [0.717, 1.165) is 41.5 Å². The van der Waals surface area contributed by atoms with Gasteiger partial charge in [0.2, 0.25) is 0 Å². The van der Waals surface area contributed by atoms with Crippen LogP contribution in [0.5, 0.6) is 0 Å². The zero-order valence-corrected chi connectivity index (χ0v) is 13.6. The van der Waals surface area contributed by atoms with Gasteiger partial charge < -0.3 is 5.32 Å². The predicted octanol–water partition coefficient (Wildman–Crippen LogP) is 2.03. The summed E-state index contributed by atoms with van der Waals surface area (Å²) >= 11 is 6.31. The number of nitrogens with one attached hydrogen (secondary N) is 1. The van der Waals surface area contributed by atoms with Crippen molar-refractivity contribution in [3.8, 4) is 11.4 Å². The fourth-order valence-electron chi connectivity index (χ4n) is 3.00. The summed E-state index contributed by atoms with van der Waals surface area (Å²) in [4.78, 5) is 0. The van der Waals surface area contributed by atoms with Crippen LogP contribution in [0.2, 0.25) is 5.02 Å². The third kappa shape index (κ3) is 2.64. The van der Waals surface area contributed by atoms with Crippen LogP contribution in [0.4, 0.5) is 0 Å². The Hall–Kier alpha value is -2.18. The van der Waals surface area contributed by atoms with Crippen LogP contribution in [-0.4, -0.2) is 31.3 Å². The normalized spacial score (nSPS) is 14.0. The maximum atomic E-state index is 6.31. The highest BCUT2D eigenvalue weighted by atomic mass is 35.5. The lowest BCUT2D eigenvalue weighted by Gasteiger charge is -2.15. The van der Waals surface area contributed by atoms with E-state index in [1.165, 1.54) is 11.3 Å². The largest absolute Gasteiger partial charge is 0.312 e. The fraction of sp³-hybridized carbons (Fsp3) is 0.312. The first-order valence-corrected chi connectivity index (χ1v) is 7.99. The van der Waals surface area contributed by atoms with Crippen molar-refractivity contribution in [2.45, 2.75) is 19.5 Å². The van der Waals surface area contributed by atoms with Gasteiger partial charge in [0.25, 0.3) is 0 Å². The van der Waals surface area contributed by atoms with Crippen molar-refractivity contribution in [2.75, 3.05) is 6.54 Å². The highest BCUT2D eigenvalue weighted by Gasteiger charge is 2.23. The van der Waals surface area contributed by atoms with Gasteiger partial charge in [-0.15, -0.1) is 5.10 Å². The van der Waals surface area contributed by atoms with Crippen LogP contribution < -0.4 is 5.32 Å². The molecule has 1 N–H and O–H groups in total. The lowest BCUT2D eigenvalue weighted by Crippen LogP contribution is -2.25. The Morgan fingerprint density at radius 1 is 1.30 bits per heavy atom. The van der Waals surface area contributed by atoms with Gasteiger partial charge in [-0.25, -0.2) is 0 Å². The summed E-state index contributed by atoms with van der Waals surface area (Å²) in [5.41, 5.74) is 5.26. The molecule has 1 aliphatic rings. The first-order valence-electron chi connectivity index (χ1n) is 7.62. The minimum atomic E-state index is 0.669. The lowest BCUT2D eigenvalue weighted by atomic mass is 10.1. The lowest BCUT2D eigenvalue weighted by molar-refractivity contribution is 0.582. The quantitative estimate of drug-likeness (QED) is 0.799. The molecule has 2 aromatic heterocycles. The standard InChI is InChI=1S/C16H17ClN6/c1-22-10-14(19-21-22)16-12-8-18-7-6-15(12)23(20-16)9-11-4-2-3-5-13(11)17/h2-5,10,18H,6-9H2,1H3. The van der Waals surface area contributed by atoms with E-state index >= 15 is 0 Å². The molecule has 0 bridgehead atoms. The fourth-order valence-corrected chi connectivity index (χ4v) is 3.20. The minimum absolute atomic E-state index is 0.669. The number of hydrogen-bond donors (Lipinski definition) is 1. The van der Waals surface area contributed by atoms with Crippen LogP contribution in [0.3, 0.4) is 0 Å². The van der Waals surface area contributed by atoms with E-state index in [9.17, 15) is 0 Å². The second-order valence-corrected chi connectivity index (χ2v) is 6.13. The van der Waals surface area contributed by atoms with Crippen LogP contribution in [-0.2, 0) is 26.6 Å². The SMILES string of the molecule is Cn1cc(-c2nn(Cc3ccccc3Cl)c3c2CNCC3)nn1. The molecule has 0 aliphatic carbocycles. The summed E-state index contributed by atoms with van der Waals surface area (Å²) < 4.78 is 3.76. The Morgan fingerprint density at radius 3 is 2.96 bits per heavy atom. The summed E-state index contributed by atoms with van der Waals surface area (Å²) in [5.74, 6) is 0. The van der Waals surface area contributed by atoms with Crippen LogP contribution in [0.15, 0.2) is 30.5 Å². The molecule has 0 spiro atoms. The molecule has 1 aromatic carbocycles. The monoisotopic (exact) mass is 328 g/mol. The van der Waals surface area contributed by atoms with Crippen molar-refractivity contribution >= 4 is 11.6 Å². The van der Waals surface area contributed by atoms with Crippen molar-refractivity contribution in [3.63, 3.8) is 0 Å². The van der Waals surface area contributed by atoms with Gasteiger partial charge in [-0.05, 0) is 11.6 Å². The molecule has 0 fully saturated rings. The molecule has 0 saturated heterocycles. The Balaban J connectivity index is 1.78. The molecule has 6 nitrogen and oxygen atoms in total. The third-order valence-corrected chi connectivity index (χ3v) is 4.50. The topological polar surface area (TPSA) is 60.6 Å².